The molecule has 0 bridgehead atoms. The third kappa shape index (κ3) is 3.47. The number of carbonyl (C=O) groups is 2. The number of aliphatic carboxylic acids is 1. The van der Waals surface area contributed by atoms with Crippen molar-refractivity contribution in [2.75, 3.05) is 12.4 Å². The average molecular weight is 312 g/mol. The molecule has 1 amide bonds. The van der Waals surface area contributed by atoms with E-state index in [4.69, 9.17) is 16.3 Å². The molecule has 1 aromatic rings. The van der Waals surface area contributed by atoms with Crippen molar-refractivity contribution >= 4 is 29.2 Å². The smallest absolute Gasteiger partial charge is 0.307 e. The van der Waals surface area contributed by atoms with Crippen molar-refractivity contribution in [1.82, 2.24) is 0 Å². The fourth-order valence-electron chi connectivity index (χ4n) is 2.86. The number of carbonyl (C=O) groups excluding carboxylic acids is 1. The fourth-order valence-corrected chi connectivity index (χ4v) is 3.03. The maximum atomic E-state index is 12.4. The summed E-state index contributed by atoms with van der Waals surface area (Å²) in [6.45, 7) is 1.96. The first-order chi connectivity index (χ1) is 9.92. The maximum absolute atomic E-state index is 12.4. The Bertz CT molecular complexity index is 561. The quantitative estimate of drug-likeness (QED) is 0.896. The molecule has 1 unspecified atom stereocenters. The minimum absolute atomic E-state index is 0.225. The normalized spacial score (nSPS) is 24.6. The number of hydrogen-bond acceptors (Lipinski definition) is 3. The lowest BCUT2D eigenvalue weighted by Crippen LogP contribution is -2.30. The zero-order chi connectivity index (χ0) is 15.6. The summed E-state index contributed by atoms with van der Waals surface area (Å²) < 4.78 is 5.17. The third-order valence-corrected chi connectivity index (χ3v) is 4.11. The van der Waals surface area contributed by atoms with Gasteiger partial charge in [0.1, 0.15) is 5.75 Å². The number of rotatable bonds is 4. The summed E-state index contributed by atoms with van der Waals surface area (Å²) in [6.07, 6.45) is 1.10. The number of carboxylic acids is 1. The van der Waals surface area contributed by atoms with Gasteiger partial charge in [-0.3, -0.25) is 9.59 Å². The van der Waals surface area contributed by atoms with Crippen LogP contribution in [-0.2, 0) is 9.59 Å². The zero-order valence-corrected chi connectivity index (χ0v) is 12.7. The predicted octanol–water partition coefficient (Wildman–Crippen LogP) is 3.03. The molecule has 0 radical (unpaired) electrons. The molecule has 1 aliphatic carbocycles. The first-order valence-corrected chi connectivity index (χ1v) is 7.17. The van der Waals surface area contributed by atoms with E-state index in [2.05, 4.69) is 5.32 Å². The van der Waals surface area contributed by atoms with Crippen LogP contribution in [0, 0.1) is 17.8 Å². The van der Waals surface area contributed by atoms with E-state index in [9.17, 15) is 14.7 Å². The summed E-state index contributed by atoms with van der Waals surface area (Å²) in [6, 6.07) is 4.91. The summed E-state index contributed by atoms with van der Waals surface area (Å²) >= 11 is 5.92. The van der Waals surface area contributed by atoms with Crippen molar-refractivity contribution in [3.8, 4) is 5.75 Å². The van der Waals surface area contributed by atoms with E-state index >= 15 is 0 Å². The molecule has 21 heavy (non-hydrogen) atoms. The summed E-state index contributed by atoms with van der Waals surface area (Å²) in [5.41, 5.74) is 0.457. The maximum Gasteiger partial charge on any atom is 0.307 e. The molecule has 6 heteroatoms. The SMILES string of the molecule is COc1ccc(Cl)cc1NC(=O)[C@H]1CC(C)C[C@H]1C(=O)O. The zero-order valence-electron chi connectivity index (χ0n) is 11.9. The Morgan fingerprint density at radius 3 is 2.62 bits per heavy atom. The molecule has 1 fully saturated rings. The molecule has 1 aliphatic rings. The topological polar surface area (TPSA) is 75.6 Å². The van der Waals surface area contributed by atoms with Crippen molar-refractivity contribution in [3.05, 3.63) is 23.2 Å². The molecular formula is C15H18ClNO4. The van der Waals surface area contributed by atoms with Gasteiger partial charge in [0.25, 0.3) is 0 Å². The summed E-state index contributed by atoms with van der Waals surface area (Å²) in [5, 5.41) is 12.4. The van der Waals surface area contributed by atoms with E-state index in [0.29, 0.717) is 29.3 Å². The second-order valence-corrected chi connectivity index (χ2v) is 5.90. The standard InChI is InChI=1S/C15H18ClNO4/c1-8-5-10(11(6-8)15(19)20)14(18)17-12-7-9(16)3-4-13(12)21-2/h3-4,7-8,10-11H,5-6H2,1-2H3,(H,17,18)(H,19,20)/t8?,10-,11+/m0/s1. The summed E-state index contributed by atoms with van der Waals surface area (Å²) in [4.78, 5) is 23.6. The predicted molar refractivity (Wildman–Crippen MR) is 79.6 cm³/mol. The second kappa shape index (κ2) is 6.35. The molecule has 0 aromatic heterocycles. The van der Waals surface area contributed by atoms with Crippen molar-refractivity contribution in [3.63, 3.8) is 0 Å². The van der Waals surface area contributed by atoms with Crippen LogP contribution in [-0.4, -0.2) is 24.1 Å². The Balaban J connectivity index is 2.18. The Hall–Kier alpha value is -1.75. The molecule has 0 spiro atoms. The lowest BCUT2D eigenvalue weighted by molar-refractivity contribution is -0.145. The van der Waals surface area contributed by atoms with Gasteiger partial charge in [-0.05, 0) is 37.0 Å². The van der Waals surface area contributed by atoms with Gasteiger partial charge in [-0.2, -0.15) is 0 Å². The minimum Gasteiger partial charge on any atom is -0.495 e. The van der Waals surface area contributed by atoms with Crippen LogP contribution in [0.4, 0.5) is 5.69 Å². The highest BCUT2D eigenvalue weighted by Crippen LogP contribution is 2.38. The van der Waals surface area contributed by atoms with Gasteiger partial charge in [-0.1, -0.05) is 18.5 Å². The van der Waals surface area contributed by atoms with Crippen LogP contribution in [0.1, 0.15) is 19.8 Å². The molecule has 2 N–H and O–H groups in total. The molecule has 3 atom stereocenters. The van der Waals surface area contributed by atoms with Crippen LogP contribution >= 0.6 is 11.6 Å². The van der Waals surface area contributed by atoms with Gasteiger partial charge in [0, 0.05) is 5.02 Å². The van der Waals surface area contributed by atoms with Crippen molar-refractivity contribution < 1.29 is 19.4 Å². The Labute approximate surface area is 128 Å². The van der Waals surface area contributed by atoms with E-state index < -0.39 is 17.8 Å². The highest BCUT2D eigenvalue weighted by molar-refractivity contribution is 6.31. The molecule has 0 saturated heterocycles. The van der Waals surface area contributed by atoms with Crippen LogP contribution in [0.15, 0.2) is 18.2 Å². The number of ether oxygens (including phenoxy) is 1. The van der Waals surface area contributed by atoms with Gasteiger partial charge < -0.3 is 15.2 Å². The van der Waals surface area contributed by atoms with Crippen LogP contribution in [0.2, 0.25) is 5.02 Å². The molecule has 1 saturated carbocycles. The molecule has 114 valence electrons. The Morgan fingerprint density at radius 1 is 1.33 bits per heavy atom. The van der Waals surface area contributed by atoms with Gasteiger partial charge in [0.15, 0.2) is 0 Å². The number of hydrogen-bond donors (Lipinski definition) is 2. The van der Waals surface area contributed by atoms with E-state index in [1.807, 2.05) is 6.92 Å². The van der Waals surface area contributed by atoms with Crippen LogP contribution in [0.3, 0.4) is 0 Å². The van der Waals surface area contributed by atoms with Crippen molar-refractivity contribution in [2.24, 2.45) is 17.8 Å². The van der Waals surface area contributed by atoms with E-state index in [0.717, 1.165) is 0 Å². The first kappa shape index (κ1) is 15.6. The van der Waals surface area contributed by atoms with Crippen LogP contribution in [0.5, 0.6) is 5.75 Å². The molecular weight excluding hydrogens is 294 g/mol. The summed E-state index contributed by atoms with van der Waals surface area (Å²) in [5.74, 6) is -1.66. The Kier molecular flexibility index (Phi) is 4.73. The first-order valence-electron chi connectivity index (χ1n) is 6.79. The number of nitrogens with one attached hydrogen (secondary N) is 1. The van der Waals surface area contributed by atoms with Gasteiger partial charge in [0.05, 0.1) is 24.6 Å². The number of anilines is 1. The molecule has 0 aliphatic heterocycles. The fraction of sp³-hybridized carbons (Fsp3) is 0.467. The molecule has 5 nitrogen and oxygen atoms in total. The van der Waals surface area contributed by atoms with Crippen molar-refractivity contribution in [2.45, 2.75) is 19.8 Å². The lowest BCUT2D eigenvalue weighted by Gasteiger charge is -2.17. The van der Waals surface area contributed by atoms with E-state index in [1.165, 1.54) is 7.11 Å². The van der Waals surface area contributed by atoms with E-state index in [-0.39, 0.29) is 11.8 Å². The molecule has 1 aromatic carbocycles. The van der Waals surface area contributed by atoms with Crippen LogP contribution in [0.25, 0.3) is 0 Å². The molecule has 2 rings (SSSR count). The highest BCUT2D eigenvalue weighted by atomic mass is 35.5. The van der Waals surface area contributed by atoms with Crippen LogP contribution < -0.4 is 10.1 Å². The third-order valence-electron chi connectivity index (χ3n) is 3.87. The van der Waals surface area contributed by atoms with Gasteiger partial charge in [-0.25, -0.2) is 0 Å². The Morgan fingerprint density at radius 2 is 2.00 bits per heavy atom. The van der Waals surface area contributed by atoms with Gasteiger partial charge >= 0.3 is 5.97 Å². The van der Waals surface area contributed by atoms with E-state index in [1.54, 1.807) is 18.2 Å². The molecule has 0 heterocycles. The number of benzene rings is 1. The summed E-state index contributed by atoms with van der Waals surface area (Å²) in [7, 11) is 1.50. The van der Waals surface area contributed by atoms with Gasteiger partial charge in [0.2, 0.25) is 5.91 Å². The number of amides is 1. The van der Waals surface area contributed by atoms with Gasteiger partial charge in [-0.15, -0.1) is 0 Å². The van der Waals surface area contributed by atoms with Crippen molar-refractivity contribution in [1.29, 1.82) is 0 Å². The number of halogens is 1. The lowest BCUT2D eigenvalue weighted by atomic mass is 9.95. The average Bonchev–Trinajstić information content (AvgIpc) is 2.81. The highest BCUT2D eigenvalue weighted by Gasteiger charge is 2.41. The minimum atomic E-state index is -0.919. The monoisotopic (exact) mass is 311 g/mol. The number of carboxylic acid groups (broad SMARTS) is 1. The number of methoxy groups -OCH3 is 1. The second-order valence-electron chi connectivity index (χ2n) is 5.46. The largest absolute Gasteiger partial charge is 0.495 e.